The van der Waals surface area contributed by atoms with Crippen molar-refractivity contribution in [2.75, 3.05) is 20.3 Å². The molecule has 1 amide bonds. The molecule has 1 aromatic heterocycles. The fourth-order valence-electron chi connectivity index (χ4n) is 2.27. The first-order valence-corrected chi connectivity index (χ1v) is 9.27. The molecule has 130 valence electrons. The average molecular weight is 414 g/mol. The Morgan fingerprint density at radius 3 is 2.84 bits per heavy atom. The molecule has 2 heterocycles. The van der Waals surface area contributed by atoms with Gasteiger partial charge in [0, 0.05) is 23.8 Å². The highest BCUT2D eigenvalue weighted by atomic mass is 35.5. The molecule has 3 rings (SSSR count). The van der Waals surface area contributed by atoms with E-state index in [1.165, 1.54) is 16.7 Å². The Hall–Kier alpha value is -1.31. The van der Waals surface area contributed by atoms with Crippen LogP contribution in [0.5, 0.6) is 0 Å². The van der Waals surface area contributed by atoms with E-state index < -0.39 is 0 Å². The maximum atomic E-state index is 12.4. The molecule has 0 saturated carbocycles. The van der Waals surface area contributed by atoms with Crippen LogP contribution < -0.4 is 0 Å². The third-order valence-electron chi connectivity index (χ3n) is 3.49. The Morgan fingerprint density at radius 2 is 2.12 bits per heavy atom. The summed E-state index contributed by atoms with van der Waals surface area (Å²) >= 11 is 18.6. The molecule has 0 N–H and O–H groups in total. The summed E-state index contributed by atoms with van der Waals surface area (Å²) in [5.41, 5.74) is 0.735. The minimum absolute atomic E-state index is 0.144. The van der Waals surface area contributed by atoms with Crippen LogP contribution in [-0.2, 0) is 9.53 Å². The van der Waals surface area contributed by atoms with Crippen LogP contribution in [0, 0.1) is 0 Å². The maximum absolute atomic E-state index is 12.4. The molecule has 1 aliphatic rings. The molecule has 0 unspecified atom stereocenters. The summed E-state index contributed by atoms with van der Waals surface area (Å²) in [6.07, 6.45) is 1.68. The monoisotopic (exact) mass is 413 g/mol. The molecule has 0 atom stereocenters. The van der Waals surface area contributed by atoms with Crippen LogP contribution in [0.15, 0.2) is 39.7 Å². The number of rotatable bonds is 5. The lowest BCUT2D eigenvalue weighted by atomic mass is 10.2. The number of amides is 1. The minimum Gasteiger partial charge on any atom is -0.457 e. The Kier molecular flexibility index (Phi) is 5.86. The number of carbonyl (C=O) groups is 1. The predicted octanol–water partition coefficient (Wildman–Crippen LogP) is 5.10. The fraction of sp³-hybridized carbons (Fsp3) is 0.176. The Bertz CT molecular complexity index is 863. The molecule has 1 aromatic carbocycles. The molecule has 1 aliphatic heterocycles. The van der Waals surface area contributed by atoms with Gasteiger partial charge in [0.15, 0.2) is 0 Å². The molecule has 2 aromatic rings. The number of hydrogen-bond donors (Lipinski definition) is 0. The second-order valence-corrected chi connectivity index (χ2v) is 7.67. The van der Waals surface area contributed by atoms with Gasteiger partial charge in [-0.2, -0.15) is 0 Å². The number of ether oxygens (including phenoxy) is 1. The Balaban J connectivity index is 1.82. The van der Waals surface area contributed by atoms with E-state index in [0.717, 1.165) is 5.56 Å². The second-order valence-electron chi connectivity index (χ2n) is 5.15. The fourth-order valence-corrected chi connectivity index (χ4v) is 4.06. The van der Waals surface area contributed by atoms with Gasteiger partial charge in [0.05, 0.1) is 23.1 Å². The molecule has 25 heavy (non-hydrogen) atoms. The topological polar surface area (TPSA) is 42.7 Å². The highest BCUT2D eigenvalue weighted by molar-refractivity contribution is 8.26. The second kappa shape index (κ2) is 7.93. The summed E-state index contributed by atoms with van der Waals surface area (Å²) in [5.74, 6) is 1.01. The van der Waals surface area contributed by atoms with Crippen LogP contribution in [0.3, 0.4) is 0 Å². The zero-order valence-electron chi connectivity index (χ0n) is 13.1. The van der Waals surface area contributed by atoms with Gasteiger partial charge in [0.2, 0.25) is 0 Å². The minimum atomic E-state index is -0.144. The number of hydrogen-bond acceptors (Lipinski definition) is 5. The molecule has 0 spiro atoms. The van der Waals surface area contributed by atoms with Crippen molar-refractivity contribution in [3.63, 3.8) is 0 Å². The van der Waals surface area contributed by atoms with Crippen LogP contribution in [-0.4, -0.2) is 35.4 Å². The maximum Gasteiger partial charge on any atom is 0.266 e. The summed E-state index contributed by atoms with van der Waals surface area (Å²) in [7, 11) is 1.58. The summed E-state index contributed by atoms with van der Waals surface area (Å²) in [5, 5.41) is 1.06. The van der Waals surface area contributed by atoms with E-state index >= 15 is 0 Å². The van der Waals surface area contributed by atoms with Crippen molar-refractivity contribution in [1.82, 2.24) is 4.90 Å². The van der Waals surface area contributed by atoms with Crippen molar-refractivity contribution in [2.45, 2.75) is 0 Å². The molecule has 0 bridgehead atoms. The van der Waals surface area contributed by atoms with Crippen molar-refractivity contribution in [3.8, 4) is 11.3 Å². The number of benzene rings is 1. The quantitative estimate of drug-likeness (QED) is 0.503. The van der Waals surface area contributed by atoms with Gasteiger partial charge < -0.3 is 9.15 Å². The lowest BCUT2D eigenvalue weighted by Crippen LogP contribution is -2.31. The summed E-state index contributed by atoms with van der Waals surface area (Å²) in [6, 6.07) is 8.76. The van der Waals surface area contributed by atoms with Crippen LogP contribution in [0.4, 0.5) is 0 Å². The predicted molar refractivity (Wildman–Crippen MR) is 106 cm³/mol. The zero-order valence-corrected chi connectivity index (χ0v) is 16.3. The zero-order chi connectivity index (χ0) is 18.0. The molecular formula is C17H13Cl2NO3S2. The number of methoxy groups -OCH3 is 1. The summed E-state index contributed by atoms with van der Waals surface area (Å²) < 4.78 is 11.3. The van der Waals surface area contributed by atoms with Crippen molar-refractivity contribution in [1.29, 1.82) is 0 Å². The van der Waals surface area contributed by atoms with Gasteiger partial charge in [0.1, 0.15) is 15.8 Å². The van der Waals surface area contributed by atoms with Crippen molar-refractivity contribution < 1.29 is 13.9 Å². The lowest BCUT2D eigenvalue weighted by molar-refractivity contribution is -0.122. The van der Waals surface area contributed by atoms with Gasteiger partial charge in [0.25, 0.3) is 5.91 Å². The molecule has 0 aliphatic carbocycles. The van der Waals surface area contributed by atoms with Gasteiger partial charge in [-0.1, -0.05) is 47.2 Å². The average Bonchev–Trinajstić information content (AvgIpc) is 3.12. The first-order valence-electron chi connectivity index (χ1n) is 7.29. The van der Waals surface area contributed by atoms with Crippen LogP contribution >= 0.6 is 47.2 Å². The molecule has 1 fully saturated rings. The molecule has 8 heteroatoms. The first kappa shape index (κ1) is 18.5. The van der Waals surface area contributed by atoms with E-state index in [0.29, 0.717) is 43.9 Å². The molecule has 1 saturated heterocycles. The number of thioether (sulfide) groups is 1. The number of thiocarbonyl (C=S) groups is 1. The van der Waals surface area contributed by atoms with Crippen LogP contribution in [0.25, 0.3) is 17.4 Å². The number of halogens is 2. The first-order chi connectivity index (χ1) is 12.0. The smallest absolute Gasteiger partial charge is 0.266 e. The highest BCUT2D eigenvalue weighted by Crippen LogP contribution is 2.35. The highest BCUT2D eigenvalue weighted by Gasteiger charge is 2.31. The van der Waals surface area contributed by atoms with Gasteiger partial charge in [-0.3, -0.25) is 9.69 Å². The van der Waals surface area contributed by atoms with E-state index in [9.17, 15) is 4.79 Å². The lowest BCUT2D eigenvalue weighted by Gasteiger charge is -2.12. The number of carbonyl (C=O) groups excluding carboxylic acids is 1. The van der Waals surface area contributed by atoms with Gasteiger partial charge in [-0.05, 0) is 30.3 Å². The summed E-state index contributed by atoms with van der Waals surface area (Å²) in [4.78, 5) is 14.5. The normalized spacial score (nSPS) is 16.3. The van der Waals surface area contributed by atoms with E-state index in [-0.39, 0.29) is 5.91 Å². The number of nitrogens with zero attached hydrogens (tertiary/aromatic N) is 1. The standard InChI is InChI=1S/C17H13Cl2NO3S2/c1-22-7-6-20-16(21)15(25-17(20)24)9-11-3-5-14(23-11)12-4-2-10(18)8-13(12)19/h2-5,8-9H,6-7H2,1H3/b15-9-. The van der Waals surface area contributed by atoms with Crippen LogP contribution in [0.2, 0.25) is 10.0 Å². The van der Waals surface area contributed by atoms with Gasteiger partial charge >= 0.3 is 0 Å². The SMILES string of the molecule is COCCN1C(=O)/C(=C/c2ccc(-c3ccc(Cl)cc3Cl)o2)SC1=S. The largest absolute Gasteiger partial charge is 0.457 e. The molecular weight excluding hydrogens is 401 g/mol. The van der Waals surface area contributed by atoms with Crippen molar-refractivity contribution in [2.24, 2.45) is 0 Å². The molecule has 0 radical (unpaired) electrons. The van der Waals surface area contributed by atoms with Crippen molar-refractivity contribution in [3.05, 3.63) is 51.0 Å². The van der Waals surface area contributed by atoms with E-state index in [4.69, 9.17) is 44.6 Å². The van der Waals surface area contributed by atoms with E-state index in [1.807, 2.05) is 0 Å². The third kappa shape index (κ3) is 4.10. The number of furan rings is 1. The Morgan fingerprint density at radius 1 is 1.32 bits per heavy atom. The van der Waals surface area contributed by atoms with E-state index in [1.54, 1.807) is 43.5 Å². The van der Waals surface area contributed by atoms with E-state index in [2.05, 4.69) is 0 Å². The van der Waals surface area contributed by atoms with Crippen LogP contribution in [0.1, 0.15) is 5.76 Å². The van der Waals surface area contributed by atoms with Gasteiger partial charge in [-0.25, -0.2) is 0 Å². The van der Waals surface area contributed by atoms with Gasteiger partial charge in [-0.15, -0.1) is 0 Å². The Labute approximate surface area is 164 Å². The summed E-state index contributed by atoms with van der Waals surface area (Å²) in [6.45, 7) is 0.863. The third-order valence-corrected chi connectivity index (χ3v) is 5.41. The van der Waals surface area contributed by atoms with Crippen molar-refractivity contribution >= 4 is 63.5 Å². The molecule has 4 nitrogen and oxygen atoms in total.